The highest BCUT2D eigenvalue weighted by atomic mass is 19.4. The molecule has 1 heterocycles. The van der Waals surface area contributed by atoms with Gasteiger partial charge in [0.2, 0.25) is 0 Å². The standard InChI is InChI=1S/C33H37F6NO5/c1-17(2)27(29(41)42)19-7-8-26(44-6)25(13-19)24-9-10-31(4,5)15-21(24)16-40-18(3)28(45-30(40)43)20-11-22(32(34,35)36)14-23(12-20)33(37,38)39/h7-8,11-14,17-18,27-28H,9-10,15-16H2,1-6H3,(H,41,42)/t18-,27?,28-/m0/s1. The number of hydrogen-bond acceptors (Lipinski definition) is 4. The number of nitrogens with zero attached hydrogens (tertiary/aromatic N) is 1. The van der Waals surface area contributed by atoms with Gasteiger partial charge in [-0.05, 0) is 90.1 Å². The van der Waals surface area contributed by atoms with Crippen molar-refractivity contribution in [1.82, 2.24) is 4.90 Å². The van der Waals surface area contributed by atoms with E-state index in [0.717, 1.165) is 17.6 Å². The van der Waals surface area contributed by atoms with Gasteiger partial charge >= 0.3 is 24.4 Å². The van der Waals surface area contributed by atoms with Crippen molar-refractivity contribution < 1.29 is 50.5 Å². The molecule has 1 saturated heterocycles. The molecule has 3 atom stereocenters. The van der Waals surface area contributed by atoms with Gasteiger partial charge in [-0.2, -0.15) is 26.3 Å². The molecule has 45 heavy (non-hydrogen) atoms. The van der Waals surface area contributed by atoms with Crippen LogP contribution >= 0.6 is 0 Å². The molecule has 0 aromatic heterocycles. The average Bonchev–Trinajstić information content (AvgIpc) is 3.19. The van der Waals surface area contributed by atoms with Crippen LogP contribution in [0.5, 0.6) is 5.75 Å². The Labute approximate surface area is 258 Å². The Bertz CT molecular complexity index is 1460. The second kappa shape index (κ2) is 12.2. The zero-order valence-corrected chi connectivity index (χ0v) is 25.9. The van der Waals surface area contributed by atoms with Crippen LogP contribution in [-0.2, 0) is 21.9 Å². The molecule has 4 rings (SSSR count). The molecule has 1 N–H and O–H groups in total. The van der Waals surface area contributed by atoms with E-state index >= 15 is 0 Å². The number of carboxylic acids is 1. The number of aliphatic carboxylic acids is 1. The maximum absolute atomic E-state index is 13.6. The number of alkyl halides is 6. The SMILES string of the molecule is COc1ccc(C(C(=O)O)C(C)C)cc1C1=C(CN2C(=O)O[C@H](c3cc(C(F)(F)F)cc(C(F)(F)F)c3)[C@@H]2C)CC(C)(C)CC1. The van der Waals surface area contributed by atoms with E-state index in [2.05, 4.69) is 13.8 Å². The summed E-state index contributed by atoms with van der Waals surface area (Å²) in [6.45, 7) is 9.29. The second-order valence-corrected chi connectivity index (χ2v) is 13.0. The fourth-order valence-corrected chi connectivity index (χ4v) is 6.37. The molecule has 12 heteroatoms. The molecule has 2 aliphatic rings. The Kier molecular flexibility index (Phi) is 9.30. The van der Waals surface area contributed by atoms with Crippen molar-refractivity contribution in [3.05, 3.63) is 69.8 Å². The maximum atomic E-state index is 13.6. The van der Waals surface area contributed by atoms with Crippen LogP contribution in [0.2, 0.25) is 0 Å². The van der Waals surface area contributed by atoms with E-state index in [1.54, 1.807) is 18.2 Å². The van der Waals surface area contributed by atoms with Crippen LogP contribution in [0.15, 0.2) is 42.0 Å². The molecule has 0 spiro atoms. The first-order valence-corrected chi connectivity index (χ1v) is 14.6. The molecular weight excluding hydrogens is 604 g/mol. The predicted molar refractivity (Wildman–Crippen MR) is 155 cm³/mol. The lowest BCUT2D eigenvalue weighted by Gasteiger charge is -2.36. The van der Waals surface area contributed by atoms with Gasteiger partial charge in [0.15, 0.2) is 0 Å². The van der Waals surface area contributed by atoms with Crippen LogP contribution in [0, 0.1) is 11.3 Å². The van der Waals surface area contributed by atoms with Crippen LogP contribution in [-0.4, -0.2) is 41.8 Å². The van der Waals surface area contributed by atoms with Gasteiger partial charge in [0.1, 0.15) is 11.9 Å². The lowest BCUT2D eigenvalue weighted by Crippen LogP contribution is -2.35. The Hall–Kier alpha value is -3.70. The average molecular weight is 642 g/mol. The summed E-state index contributed by atoms with van der Waals surface area (Å²) in [6, 6.07) is 5.54. The number of hydrogen-bond donors (Lipinski definition) is 1. The van der Waals surface area contributed by atoms with Crippen molar-refractivity contribution in [2.45, 2.75) is 84.3 Å². The summed E-state index contributed by atoms with van der Waals surface area (Å²) in [7, 11) is 1.50. The van der Waals surface area contributed by atoms with Gasteiger partial charge < -0.3 is 14.6 Å². The molecule has 0 bridgehead atoms. The second-order valence-electron chi connectivity index (χ2n) is 13.0. The van der Waals surface area contributed by atoms with Crippen LogP contribution in [0.3, 0.4) is 0 Å². The number of carbonyl (C=O) groups excluding carboxylic acids is 1. The summed E-state index contributed by atoms with van der Waals surface area (Å²) < 4.78 is 92.4. The van der Waals surface area contributed by atoms with Crippen molar-refractivity contribution in [2.24, 2.45) is 11.3 Å². The number of allylic oxidation sites excluding steroid dienone is 1. The molecule has 2 aromatic rings. The molecular formula is C33H37F6NO5. The van der Waals surface area contributed by atoms with E-state index in [0.29, 0.717) is 41.9 Å². The summed E-state index contributed by atoms with van der Waals surface area (Å²) in [4.78, 5) is 26.6. The molecule has 6 nitrogen and oxygen atoms in total. The molecule has 0 saturated carbocycles. The van der Waals surface area contributed by atoms with Crippen molar-refractivity contribution in [3.8, 4) is 5.75 Å². The minimum atomic E-state index is -5.04. The number of methoxy groups -OCH3 is 1. The van der Waals surface area contributed by atoms with Gasteiger partial charge in [-0.1, -0.05) is 33.8 Å². The molecule has 1 amide bonds. The highest BCUT2D eigenvalue weighted by Gasteiger charge is 2.44. The Morgan fingerprint density at radius 1 is 1.07 bits per heavy atom. The largest absolute Gasteiger partial charge is 0.496 e. The highest BCUT2D eigenvalue weighted by Crippen LogP contribution is 2.47. The highest BCUT2D eigenvalue weighted by molar-refractivity contribution is 5.80. The first-order valence-electron chi connectivity index (χ1n) is 14.6. The van der Waals surface area contributed by atoms with Crippen LogP contribution < -0.4 is 4.74 Å². The number of halogens is 6. The van der Waals surface area contributed by atoms with Gasteiger partial charge in [-0.3, -0.25) is 9.69 Å². The monoisotopic (exact) mass is 641 g/mol. The van der Waals surface area contributed by atoms with Crippen LogP contribution in [0.25, 0.3) is 5.57 Å². The topological polar surface area (TPSA) is 76.1 Å². The van der Waals surface area contributed by atoms with Crippen molar-refractivity contribution in [3.63, 3.8) is 0 Å². The van der Waals surface area contributed by atoms with Gasteiger partial charge in [-0.25, -0.2) is 4.79 Å². The smallest absolute Gasteiger partial charge is 0.416 e. The molecule has 1 aliphatic carbocycles. The number of benzene rings is 2. The summed E-state index contributed by atoms with van der Waals surface area (Å²) >= 11 is 0. The minimum absolute atomic E-state index is 0.0142. The van der Waals surface area contributed by atoms with E-state index < -0.39 is 59.2 Å². The summed E-state index contributed by atoms with van der Waals surface area (Å²) in [6.07, 6.45) is -10.4. The number of cyclic esters (lactones) is 1. The van der Waals surface area contributed by atoms with Crippen molar-refractivity contribution in [1.29, 1.82) is 0 Å². The Morgan fingerprint density at radius 2 is 1.67 bits per heavy atom. The zero-order valence-electron chi connectivity index (χ0n) is 25.9. The summed E-state index contributed by atoms with van der Waals surface area (Å²) in [5.41, 5.74) is -0.616. The normalized spacial score (nSPS) is 21.3. The third kappa shape index (κ3) is 7.25. The molecule has 2 aromatic carbocycles. The minimum Gasteiger partial charge on any atom is -0.496 e. The molecule has 0 radical (unpaired) electrons. The molecule has 1 fully saturated rings. The first-order chi connectivity index (χ1) is 20.7. The van der Waals surface area contributed by atoms with Crippen LogP contribution in [0.4, 0.5) is 31.1 Å². The quantitative estimate of drug-likeness (QED) is 0.291. The number of carbonyl (C=O) groups is 2. The number of ether oxygens (including phenoxy) is 2. The number of rotatable bonds is 8. The fourth-order valence-electron chi connectivity index (χ4n) is 6.37. The van der Waals surface area contributed by atoms with E-state index in [9.17, 15) is 41.0 Å². The summed E-state index contributed by atoms with van der Waals surface area (Å²) in [5.74, 6) is -1.43. The molecule has 1 aliphatic heterocycles. The van der Waals surface area contributed by atoms with Crippen molar-refractivity contribution >= 4 is 17.6 Å². The number of amides is 1. The first kappa shape index (κ1) is 34.2. The third-order valence-corrected chi connectivity index (χ3v) is 8.70. The van der Waals surface area contributed by atoms with E-state index in [1.165, 1.54) is 18.9 Å². The number of carboxylic acid groups (broad SMARTS) is 1. The van der Waals surface area contributed by atoms with Crippen LogP contribution in [0.1, 0.15) is 93.7 Å². The van der Waals surface area contributed by atoms with E-state index in [1.807, 2.05) is 13.8 Å². The predicted octanol–water partition coefficient (Wildman–Crippen LogP) is 9.10. The van der Waals surface area contributed by atoms with E-state index in [-0.39, 0.29) is 23.9 Å². The van der Waals surface area contributed by atoms with E-state index in [4.69, 9.17) is 9.47 Å². The summed E-state index contributed by atoms with van der Waals surface area (Å²) in [5, 5.41) is 9.91. The lowest BCUT2D eigenvalue weighted by molar-refractivity contribution is -0.143. The zero-order chi connectivity index (χ0) is 33.6. The van der Waals surface area contributed by atoms with Gasteiger partial charge in [0.05, 0.1) is 30.2 Å². The maximum Gasteiger partial charge on any atom is 0.416 e. The Balaban J connectivity index is 1.77. The van der Waals surface area contributed by atoms with Gasteiger partial charge in [0, 0.05) is 12.1 Å². The Morgan fingerprint density at radius 3 is 2.18 bits per heavy atom. The third-order valence-electron chi connectivity index (χ3n) is 8.70. The van der Waals surface area contributed by atoms with Gasteiger partial charge in [-0.15, -0.1) is 0 Å². The molecule has 246 valence electrons. The lowest BCUT2D eigenvalue weighted by atomic mass is 9.72. The molecule has 1 unspecified atom stereocenters. The van der Waals surface area contributed by atoms with Crippen molar-refractivity contribution in [2.75, 3.05) is 13.7 Å². The van der Waals surface area contributed by atoms with Gasteiger partial charge in [0.25, 0.3) is 0 Å². The fraction of sp³-hybridized carbons (Fsp3) is 0.515.